The van der Waals surface area contributed by atoms with Crippen molar-refractivity contribution >= 4 is 6.08 Å². The summed E-state index contributed by atoms with van der Waals surface area (Å²) < 4.78 is 20.7. The van der Waals surface area contributed by atoms with E-state index in [1.807, 2.05) is 0 Å². The molecule has 2 heteroatoms. The third-order valence-corrected chi connectivity index (χ3v) is 1.87. The van der Waals surface area contributed by atoms with Gasteiger partial charge in [-0.05, 0) is 12.1 Å². The molecule has 2 unspecified atom stereocenters. The zero-order valence-electron chi connectivity index (χ0n) is 7.74. The van der Waals surface area contributed by atoms with E-state index in [2.05, 4.69) is 4.98 Å². The highest BCUT2D eigenvalue weighted by Gasteiger charge is 2.41. The zero-order chi connectivity index (χ0) is 9.10. The van der Waals surface area contributed by atoms with Gasteiger partial charge in [-0.3, -0.25) is 4.98 Å². The molecule has 0 aromatic carbocycles. The van der Waals surface area contributed by atoms with Gasteiger partial charge < -0.3 is 4.74 Å². The van der Waals surface area contributed by atoms with Crippen molar-refractivity contribution in [1.29, 1.82) is 0 Å². The Balaban J connectivity index is 2.27. The summed E-state index contributed by atoms with van der Waals surface area (Å²) in [5.74, 6) is 0. The molecule has 1 fully saturated rings. The Morgan fingerprint density at radius 3 is 3.64 bits per heavy atom. The van der Waals surface area contributed by atoms with Gasteiger partial charge in [0, 0.05) is 11.8 Å². The maximum Gasteiger partial charge on any atom is 0.115 e. The maximum atomic E-state index is 7.88. The lowest BCUT2D eigenvalue weighted by atomic mass is 10.0. The molecule has 1 aromatic heterocycles. The fraction of sp³-hybridized carbons (Fsp3) is 0.222. The molecule has 1 aliphatic heterocycles. The number of hydrogen-bond donors (Lipinski definition) is 0. The Morgan fingerprint density at radius 1 is 1.64 bits per heavy atom. The van der Waals surface area contributed by atoms with Gasteiger partial charge in [-0.1, -0.05) is 12.1 Å². The minimum absolute atomic E-state index is 0.688. The highest BCUT2D eigenvalue weighted by Crippen LogP contribution is 2.43. The van der Waals surface area contributed by atoms with Crippen molar-refractivity contribution in [3.05, 3.63) is 35.7 Å². The normalized spacial score (nSPS) is 46.9. The summed E-state index contributed by atoms with van der Waals surface area (Å²) in [4.78, 5) is 4.10. The molecule has 2 atom stereocenters. The molecule has 2 aliphatic rings. The van der Waals surface area contributed by atoms with E-state index >= 15 is 0 Å². The summed E-state index contributed by atoms with van der Waals surface area (Å²) in [6, 6.07) is 3.55. The summed E-state index contributed by atoms with van der Waals surface area (Å²) in [7, 11) is 0. The molecule has 1 saturated heterocycles. The lowest BCUT2D eigenvalue weighted by Gasteiger charge is -2.03. The second kappa shape index (κ2) is 1.71. The monoisotopic (exact) mass is 147 g/mol. The molecular formula is C9H7NO. The number of pyridine rings is 1. The highest BCUT2D eigenvalue weighted by atomic mass is 16.6. The summed E-state index contributed by atoms with van der Waals surface area (Å²) in [5, 5.41) is 0. The second-order valence-electron chi connectivity index (χ2n) is 2.56. The first-order valence-corrected chi connectivity index (χ1v) is 3.51. The molecule has 0 amide bonds. The number of epoxide rings is 1. The third kappa shape index (κ3) is 0.672. The molecule has 3 rings (SSSR count). The molecule has 0 radical (unpaired) electrons. The first-order valence-electron chi connectivity index (χ1n) is 4.51. The average molecular weight is 147 g/mol. The van der Waals surface area contributed by atoms with Crippen molar-refractivity contribution in [1.82, 2.24) is 4.98 Å². The number of rotatable bonds is 0. The van der Waals surface area contributed by atoms with Crippen molar-refractivity contribution in [2.24, 2.45) is 0 Å². The molecule has 2 nitrogen and oxygen atoms in total. The van der Waals surface area contributed by atoms with Gasteiger partial charge in [0.15, 0.2) is 0 Å². The van der Waals surface area contributed by atoms with Crippen LogP contribution in [-0.4, -0.2) is 11.1 Å². The first-order chi connectivity index (χ1) is 6.16. The Kier molecular flexibility index (Phi) is 0.626. The van der Waals surface area contributed by atoms with Crippen LogP contribution in [0.25, 0.3) is 6.08 Å². The molecule has 1 aliphatic carbocycles. The van der Waals surface area contributed by atoms with Crippen molar-refractivity contribution in [2.75, 3.05) is 0 Å². The number of nitrogens with zero attached hydrogens (tertiary/aromatic N) is 1. The molecule has 54 valence electrons. The van der Waals surface area contributed by atoms with E-state index in [0.29, 0.717) is 5.56 Å². The fourth-order valence-corrected chi connectivity index (χ4v) is 1.28. The number of fused-ring (bicyclic) bond motifs is 3. The Bertz CT molecular complexity index is 420. The smallest absolute Gasteiger partial charge is 0.115 e. The number of ether oxygens (including phenoxy) is 1. The molecule has 0 saturated carbocycles. The quantitative estimate of drug-likeness (QED) is 0.520. The van der Waals surface area contributed by atoms with E-state index in [1.54, 1.807) is 30.5 Å². The van der Waals surface area contributed by atoms with Crippen LogP contribution in [0.5, 0.6) is 0 Å². The lowest BCUT2D eigenvalue weighted by molar-refractivity contribution is 0.395. The summed E-state index contributed by atoms with van der Waals surface area (Å²) in [5.41, 5.74) is 1.42. The lowest BCUT2D eigenvalue weighted by Crippen LogP contribution is -1.96. The topological polar surface area (TPSA) is 25.4 Å². The van der Waals surface area contributed by atoms with Crippen LogP contribution in [-0.2, 0) is 4.74 Å². The highest BCUT2D eigenvalue weighted by molar-refractivity contribution is 5.56. The van der Waals surface area contributed by atoms with E-state index < -0.39 is 12.2 Å². The summed E-state index contributed by atoms with van der Waals surface area (Å²) in [6.45, 7) is 0. The second-order valence-corrected chi connectivity index (χ2v) is 2.56. The van der Waals surface area contributed by atoms with Gasteiger partial charge >= 0.3 is 0 Å². The van der Waals surface area contributed by atoms with E-state index in [-0.39, 0.29) is 0 Å². The summed E-state index contributed by atoms with van der Waals surface area (Å²) >= 11 is 0. The van der Waals surface area contributed by atoms with Gasteiger partial charge in [0.2, 0.25) is 0 Å². The molecule has 2 heterocycles. The van der Waals surface area contributed by atoms with Gasteiger partial charge in [-0.2, -0.15) is 0 Å². The molecule has 11 heavy (non-hydrogen) atoms. The third-order valence-electron chi connectivity index (χ3n) is 1.87. The van der Waals surface area contributed by atoms with Gasteiger partial charge in [0.1, 0.15) is 12.2 Å². The van der Waals surface area contributed by atoms with Crippen LogP contribution in [0.15, 0.2) is 24.4 Å². The Morgan fingerprint density at radius 2 is 2.64 bits per heavy atom. The maximum absolute atomic E-state index is 7.88. The van der Waals surface area contributed by atoms with Gasteiger partial charge in [-0.15, -0.1) is 0 Å². The standard InChI is InChI=1S/C9H7NO/c1-2-6-7(10-5-1)3-4-8-9(6)11-8/h1-5,8-9H/i8D,9D. The molecular weight excluding hydrogens is 138 g/mol. The minimum atomic E-state index is -1.22. The van der Waals surface area contributed by atoms with E-state index in [9.17, 15) is 0 Å². The van der Waals surface area contributed by atoms with Crippen LogP contribution in [0.3, 0.4) is 0 Å². The molecule has 1 aromatic rings. The minimum Gasteiger partial charge on any atom is -0.360 e. The predicted octanol–water partition coefficient (Wildman–Crippen LogP) is 1.55. The Hall–Kier alpha value is -1.15. The fourth-order valence-electron chi connectivity index (χ4n) is 1.28. The van der Waals surface area contributed by atoms with Gasteiger partial charge in [0.25, 0.3) is 0 Å². The average Bonchev–Trinajstić information content (AvgIpc) is 2.71. The van der Waals surface area contributed by atoms with Crippen molar-refractivity contribution < 1.29 is 7.48 Å². The van der Waals surface area contributed by atoms with Crippen LogP contribution in [0.2, 0.25) is 0 Å². The number of hydrogen-bond acceptors (Lipinski definition) is 2. The molecule has 0 bridgehead atoms. The van der Waals surface area contributed by atoms with Crippen LogP contribution < -0.4 is 0 Å². The van der Waals surface area contributed by atoms with E-state index in [0.717, 1.165) is 5.69 Å². The van der Waals surface area contributed by atoms with Crippen LogP contribution in [0.4, 0.5) is 0 Å². The summed E-state index contributed by atoms with van der Waals surface area (Å²) in [6.07, 6.45) is 2.59. The van der Waals surface area contributed by atoms with Crippen molar-refractivity contribution in [2.45, 2.75) is 12.2 Å². The van der Waals surface area contributed by atoms with Gasteiger partial charge in [0.05, 0.1) is 8.44 Å². The first kappa shape index (κ1) is 4.02. The van der Waals surface area contributed by atoms with Crippen LogP contribution in [0.1, 0.15) is 20.1 Å². The van der Waals surface area contributed by atoms with Crippen molar-refractivity contribution in [3.8, 4) is 0 Å². The van der Waals surface area contributed by atoms with E-state index in [1.165, 1.54) is 0 Å². The van der Waals surface area contributed by atoms with E-state index in [4.69, 9.17) is 7.48 Å². The largest absolute Gasteiger partial charge is 0.360 e. The van der Waals surface area contributed by atoms with Crippen molar-refractivity contribution in [3.63, 3.8) is 0 Å². The SMILES string of the molecule is [2H]C12C=Cc3ncccc3C1([2H])O2. The Labute approximate surface area is 67.3 Å². The van der Waals surface area contributed by atoms with Crippen LogP contribution >= 0.6 is 0 Å². The zero-order valence-corrected chi connectivity index (χ0v) is 5.74. The number of aromatic nitrogens is 1. The van der Waals surface area contributed by atoms with Gasteiger partial charge in [-0.25, -0.2) is 0 Å². The van der Waals surface area contributed by atoms with Crippen LogP contribution in [0, 0.1) is 0 Å². The molecule has 0 spiro atoms. The molecule has 0 N–H and O–H groups in total. The predicted molar refractivity (Wildman–Crippen MR) is 40.9 cm³/mol.